The summed E-state index contributed by atoms with van der Waals surface area (Å²) >= 11 is 0. The number of aryl methyl sites for hydroxylation is 2. The Morgan fingerprint density at radius 1 is 1.00 bits per heavy atom. The van der Waals surface area contributed by atoms with Crippen LogP contribution in [0.1, 0.15) is 23.7 Å². The Morgan fingerprint density at radius 2 is 1.68 bits per heavy atom. The van der Waals surface area contributed by atoms with Crippen LogP contribution >= 0.6 is 0 Å². The van der Waals surface area contributed by atoms with Crippen LogP contribution in [0.15, 0.2) is 53.3 Å². The third-order valence-electron chi connectivity index (χ3n) is 4.60. The number of anilines is 1. The van der Waals surface area contributed by atoms with Crippen LogP contribution in [0.3, 0.4) is 0 Å². The van der Waals surface area contributed by atoms with Crippen molar-refractivity contribution in [1.82, 2.24) is 14.0 Å². The van der Waals surface area contributed by atoms with E-state index in [1.54, 1.807) is 47.5 Å². The van der Waals surface area contributed by atoms with E-state index in [1.165, 1.54) is 4.90 Å². The Labute approximate surface area is 163 Å². The molecule has 3 aromatic rings. The van der Waals surface area contributed by atoms with Gasteiger partial charge in [-0.3, -0.25) is 18.7 Å². The molecule has 3 rings (SSSR count). The fourth-order valence-electron chi connectivity index (χ4n) is 3.22. The van der Waals surface area contributed by atoms with Gasteiger partial charge in [-0.2, -0.15) is 0 Å². The number of hydrogen-bond acceptors (Lipinski definition) is 3. The number of benzene rings is 2. The lowest BCUT2D eigenvalue weighted by atomic mass is 10.2. The number of nitrogens with one attached hydrogen (secondary N) is 1. The fraction of sp³-hybridized carbons (Fsp3) is 0.286. The van der Waals surface area contributed by atoms with Gasteiger partial charge in [-0.25, -0.2) is 4.79 Å². The van der Waals surface area contributed by atoms with Crippen LogP contribution in [-0.4, -0.2) is 39.9 Å². The van der Waals surface area contributed by atoms with Crippen LogP contribution in [0, 0.1) is 0 Å². The Bertz CT molecular complexity index is 1080. The van der Waals surface area contributed by atoms with Gasteiger partial charge in [0.25, 0.3) is 5.91 Å². The number of hydrogen-bond donors (Lipinski definition) is 1. The maximum atomic E-state index is 12.6. The van der Waals surface area contributed by atoms with Gasteiger partial charge in [-0.15, -0.1) is 0 Å². The summed E-state index contributed by atoms with van der Waals surface area (Å²) in [6.07, 6.45) is 0.156. The van der Waals surface area contributed by atoms with Gasteiger partial charge in [0, 0.05) is 44.9 Å². The molecular formula is C21H24N4O3. The van der Waals surface area contributed by atoms with Crippen LogP contribution < -0.4 is 11.0 Å². The summed E-state index contributed by atoms with van der Waals surface area (Å²) in [6.45, 7) is 2.78. The van der Waals surface area contributed by atoms with E-state index in [4.69, 9.17) is 0 Å². The predicted octanol–water partition coefficient (Wildman–Crippen LogP) is 2.55. The third kappa shape index (κ3) is 3.83. The number of nitrogens with zero attached hydrogens (tertiary/aromatic N) is 3. The molecule has 0 saturated heterocycles. The Hall–Kier alpha value is -3.35. The van der Waals surface area contributed by atoms with Gasteiger partial charge in [-0.05, 0) is 37.3 Å². The maximum Gasteiger partial charge on any atom is 0.329 e. The zero-order valence-corrected chi connectivity index (χ0v) is 16.3. The van der Waals surface area contributed by atoms with Crippen molar-refractivity contribution >= 4 is 28.5 Å². The summed E-state index contributed by atoms with van der Waals surface area (Å²) in [4.78, 5) is 38.6. The lowest BCUT2D eigenvalue weighted by molar-refractivity contribution is -0.116. The minimum Gasteiger partial charge on any atom is -0.345 e. The van der Waals surface area contributed by atoms with Gasteiger partial charge >= 0.3 is 5.69 Å². The molecule has 7 nitrogen and oxygen atoms in total. The molecule has 146 valence electrons. The molecule has 0 aliphatic rings. The van der Waals surface area contributed by atoms with Crippen LogP contribution in [-0.2, 0) is 17.9 Å². The van der Waals surface area contributed by atoms with E-state index in [0.29, 0.717) is 17.8 Å². The molecule has 0 bridgehead atoms. The van der Waals surface area contributed by atoms with Crippen molar-refractivity contribution in [2.45, 2.75) is 26.4 Å². The van der Waals surface area contributed by atoms with E-state index in [9.17, 15) is 14.4 Å². The molecule has 0 unspecified atom stereocenters. The zero-order chi connectivity index (χ0) is 20.3. The SMILES string of the molecule is CCn1c(=O)n(CCC(=O)Nc2cccc(C(=O)N(C)C)c2)c2ccccc21. The minimum absolute atomic E-state index is 0.116. The van der Waals surface area contributed by atoms with Crippen molar-refractivity contribution < 1.29 is 9.59 Å². The molecule has 0 spiro atoms. The molecule has 28 heavy (non-hydrogen) atoms. The number of aromatic nitrogens is 2. The van der Waals surface area contributed by atoms with E-state index in [2.05, 4.69) is 5.32 Å². The molecule has 0 radical (unpaired) electrons. The highest BCUT2D eigenvalue weighted by Crippen LogP contribution is 2.15. The first kappa shape index (κ1) is 19.4. The number of imidazole rings is 1. The van der Waals surface area contributed by atoms with Crippen molar-refractivity contribution in [3.05, 3.63) is 64.6 Å². The van der Waals surface area contributed by atoms with Crippen molar-refractivity contribution in [3.8, 4) is 0 Å². The molecule has 0 aliphatic carbocycles. The first-order valence-corrected chi connectivity index (χ1v) is 9.22. The Kier molecular flexibility index (Phi) is 5.63. The molecule has 7 heteroatoms. The second-order valence-corrected chi connectivity index (χ2v) is 6.75. The van der Waals surface area contributed by atoms with Crippen LogP contribution in [0.25, 0.3) is 11.0 Å². The average molecular weight is 380 g/mol. The van der Waals surface area contributed by atoms with Gasteiger partial charge in [0.1, 0.15) is 0 Å². The second-order valence-electron chi connectivity index (χ2n) is 6.75. The number of amides is 2. The normalized spacial score (nSPS) is 10.8. The van der Waals surface area contributed by atoms with Gasteiger partial charge < -0.3 is 10.2 Å². The number of fused-ring (bicyclic) bond motifs is 1. The highest BCUT2D eigenvalue weighted by molar-refractivity contribution is 5.97. The van der Waals surface area contributed by atoms with E-state index < -0.39 is 0 Å². The van der Waals surface area contributed by atoms with Gasteiger partial charge in [0.15, 0.2) is 0 Å². The summed E-state index contributed by atoms with van der Waals surface area (Å²) in [6, 6.07) is 14.4. The van der Waals surface area contributed by atoms with E-state index >= 15 is 0 Å². The molecule has 2 amide bonds. The van der Waals surface area contributed by atoms with Gasteiger partial charge in [-0.1, -0.05) is 18.2 Å². The van der Waals surface area contributed by atoms with Crippen molar-refractivity contribution in [2.75, 3.05) is 19.4 Å². The molecule has 0 fully saturated rings. The standard InChI is InChI=1S/C21H24N4O3/c1-4-24-17-10-5-6-11-18(17)25(21(24)28)13-12-19(26)22-16-9-7-8-15(14-16)20(27)23(2)3/h5-11,14H,4,12-13H2,1-3H3,(H,22,26). The largest absolute Gasteiger partial charge is 0.345 e. The van der Waals surface area contributed by atoms with Gasteiger partial charge in [0.05, 0.1) is 11.0 Å². The summed E-state index contributed by atoms with van der Waals surface area (Å²) < 4.78 is 3.33. The average Bonchev–Trinajstić information content (AvgIpc) is 2.96. The lowest BCUT2D eigenvalue weighted by Crippen LogP contribution is -2.26. The van der Waals surface area contributed by atoms with Crippen LogP contribution in [0.4, 0.5) is 5.69 Å². The van der Waals surface area contributed by atoms with E-state index in [0.717, 1.165) is 11.0 Å². The molecule has 0 atom stereocenters. The number of carbonyl (C=O) groups excluding carboxylic acids is 2. The Morgan fingerprint density at radius 3 is 2.32 bits per heavy atom. The molecule has 0 saturated carbocycles. The highest BCUT2D eigenvalue weighted by Gasteiger charge is 2.13. The third-order valence-corrected chi connectivity index (χ3v) is 4.60. The zero-order valence-electron chi connectivity index (χ0n) is 16.3. The van der Waals surface area contributed by atoms with Crippen LogP contribution in [0.5, 0.6) is 0 Å². The summed E-state index contributed by atoms with van der Waals surface area (Å²) in [5, 5.41) is 2.80. The first-order chi connectivity index (χ1) is 13.4. The predicted molar refractivity (Wildman–Crippen MR) is 110 cm³/mol. The molecule has 1 aromatic heterocycles. The quantitative estimate of drug-likeness (QED) is 0.714. The fourth-order valence-corrected chi connectivity index (χ4v) is 3.22. The molecule has 0 aliphatic heterocycles. The number of carbonyl (C=O) groups is 2. The number of para-hydroxylation sites is 2. The Balaban J connectivity index is 1.73. The molecular weight excluding hydrogens is 356 g/mol. The van der Waals surface area contributed by atoms with Gasteiger partial charge in [0.2, 0.25) is 5.91 Å². The lowest BCUT2D eigenvalue weighted by Gasteiger charge is -2.12. The summed E-state index contributed by atoms with van der Waals surface area (Å²) in [5.41, 5.74) is 2.63. The highest BCUT2D eigenvalue weighted by atomic mass is 16.2. The monoisotopic (exact) mass is 380 g/mol. The maximum absolute atomic E-state index is 12.6. The summed E-state index contributed by atoms with van der Waals surface area (Å²) in [7, 11) is 3.36. The summed E-state index contributed by atoms with van der Waals surface area (Å²) in [5.74, 6) is -0.343. The molecule has 1 heterocycles. The number of rotatable bonds is 6. The molecule has 2 aromatic carbocycles. The first-order valence-electron chi connectivity index (χ1n) is 9.22. The smallest absolute Gasteiger partial charge is 0.329 e. The van der Waals surface area contributed by atoms with E-state index in [-0.39, 0.29) is 30.5 Å². The second kappa shape index (κ2) is 8.12. The van der Waals surface area contributed by atoms with Crippen LogP contribution in [0.2, 0.25) is 0 Å². The van der Waals surface area contributed by atoms with Crippen molar-refractivity contribution in [2.24, 2.45) is 0 Å². The minimum atomic E-state index is -0.213. The topological polar surface area (TPSA) is 76.3 Å². The van der Waals surface area contributed by atoms with Crippen molar-refractivity contribution in [1.29, 1.82) is 0 Å². The molecule has 1 N–H and O–H groups in total. The van der Waals surface area contributed by atoms with E-state index in [1.807, 2.05) is 31.2 Å². The van der Waals surface area contributed by atoms with Crippen molar-refractivity contribution in [3.63, 3.8) is 0 Å².